The topological polar surface area (TPSA) is 53.4 Å². The van der Waals surface area contributed by atoms with Crippen molar-refractivity contribution in [2.75, 3.05) is 14.2 Å². The molecule has 2 atom stereocenters. The van der Waals surface area contributed by atoms with Crippen molar-refractivity contribution in [3.05, 3.63) is 24.0 Å². The maximum atomic E-state index is 11.8. The Bertz CT molecular complexity index is 637. The predicted molar refractivity (Wildman–Crippen MR) is 77.3 cm³/mol. The third-order valence-corrected chi connectivity index (χ3v) is 3.41. The van der Waals surface area contributed by atoms with Gasteiger partial charge in [0.2, 0.25) is 0 Å². The minimum atomic E-state index is -0.506. The number of rotatable bonds is 4. The van der Waals surface area contributed by atoms with Crippen LogP contribution in [0.5, 0.6) is 5.75 Å². The number of hydrogen-bond acceptors (Lipinski definition) is 4. The summed E-state index contributed by atoms with van der Waals surface area (Å²) in [4.78, 5) is 16.4. The molecule has 0 radical (unpaired) electrons. The molecule has 0 aliphatic rings. The van der Waals surface area contributed by atoms with Crippen LogP contribution >= 0.6 is 11.6 Å². The van der Waals surface area contributed by atoms with Gasteiger partial charge in [-0.25, -0.2) is 9.78 Å². The van der Waals surface area contributed by atoms with Gasteiger partial charge in [-0.05, 0) is 26.0 Å². The van der Waals surface area contributed by atoms with E-state index in [9.17, 15) is 4.79 Å². The quantitative estimate of drug-likeness (QED) is 0.643. The minimum Gasteiger partial charge on any atom is -0.494 e. The first kappa shape index (κ1) is 14.7. The van der Waals surface area contributed by atoms with Crippen molar-refractivity contribution >= 4 is 28.6 Å². The first-order valence-electron chi connectivity index (χ1n) is 6.28. The van der Waals surface area contributed by atoms with E-state index in [0.29, 0.717) is 17.1 Å². The molecule has 0 bridgehead atoms. The third kappa shape index (κ3) is 2.33. The molecular formula is C14H17ClN2O3. The molecule has 0 saturated carbocycles. The van der Waals surface area contributed by atoms with Crippen molar-refractivity contribution in [3.8, 4) is 5.75 Å². The van der Waals surface area contributed by atoms with Crippen LogP contribution in [0.3, 0.4) is 0 Å². The summed E-state index contributed by atoms with van der Waals surface area (Å²) in [7, 11) is 2.95. The largest absolute Gasteiger partial charge is 0.494 e. The fourth-order valence-corrected chi connectivity index (χ4v) is 2.39. The summed E-state index contributed by atoms with van der Waals surface area (Å²) in [5, 5.41) is -0.334. The summed E-state index contributed by atoms with van der Waals surface area (Å²) in [6.07, 6.45) is 0. The Labute approximate surface area is 122 Å². The fourth-order valence-electron chi connectivity index (χ4n) is 2.24. The van der Waals surface area contributed by atoms with Gasteiger partial charge in [-0.15, -0.1) is 11.6 Å². The van der Waals surface area contributed by atoms with Gasteiger partial charge in [0.15, 0.2) is 0 Å². The number of halogens is 1. The summed E-state index contributed by atoms with van der Waals surface area (Å²) in [6, 6.07) is 5.05. The Balaban J connectivity index is 2.73. The average molecular weight is 297 g/mol. The molecule has 20 heavy (non-hydrogen) atoms. The Morgan fingerprint density at radius 1 is 1.35 bits per heavy atom. The number of nitrogens with zero attached hydrogens (tertiary/aromatic N) is 2. The molecule has 1 aromatic carbocycles. The number of carbonyl (C=O) groups is 1. The van der Waals surface area contributed by atoms with E-state index in [1.807, 2.05) is 25.1 Å². The molecule has 108 valence electrons. The Morgan fingerprint density at radius 2 is 2.05 bits per heavy atom. The number of hydrogen-bond donors (Lipinski definition) is 0. The number of methoxy groups -OCH3 is 2. The summed E-state index contributed by atoms with van der Waals surface area (Å²) in [5.41, 5.74) is 1.48. The van der Waals surface area contributed by atoms with Crippen LogP contribution in [0.4, 0.5) is 0 Å². The van der Waals surface area contributed by atoms with Crippen LogP contribution in [-0.2, 0) is 9.53 Å². The van der Waals surface area contributed by atoms with Crippen LogP contribution < -0.4 is 4.74 Å². The third-order valence-electron chi connectivity index (χ3n) is 3.22. The lowest BCUT2D eigenvalue weighted by atomic mass is 10.2. The molecule has 0 spiro atoms. The zero-order valence-corrected chi connectivity index (χ0v) is 12.6. The summed E-state index contributed by atoms with van der Waals surface area (Å²) in [5.74, 6) is 0.923. The highest BCUT2D eigenvalue weighted by molar-refractivity contribution is 6.20. The van der Waals surface area contributed by atoms with Crippen molar-refractivity contribution in [2.24, 2.45) is 0 Å². The van der Waals surface area contributed by atoms with Gasteiger partial charge in [-0.2, -0.15) is 0 Å². The van der Waals surface area contributed by atoms with E-state index in [-0.39, 0.29) is 11.3 Å². The average Bonchev–Trinajstić information content (AvgIpc) is 2.84. The second-order valence-electron chi connectivity index (χ2n) is 4.48. The highest BCUT2D eigenvalue weighted by Crippen LogP contribution is 2.32. The highest BCUT2D eigenvalue weighted by atomic mass is 35.5. The van der Waals surface area contributed by atoms with Gasteiger partial charge in [0.1, 0.15) is 23.1 Å². The first-order chi connectivity index (χ1) is 9.51. The van der Waals surface area contributed by atoms with E-state index in [1.165, 1.54) is 7.11 Å². The molecule has 0 amide bonds. The summed E-state index contributed by atoms with van der Waals surface area (Å²) < 4.78 is 11.9. The van der Waals surface area contributed by atoms with Crippen molar-refractivity contribution in [3.63, 3.8) is 0 Å². The number of ether oxygens (including phenoxy) is 2. The number of para-hydroxylation sites is 1. The Kier molecular flexibility index (Phi) is 4.18. The van der Waals surface area contributed by atoms with Gasteiger partial charge in [-0.3, -0.25) is 0 Å². The van der Waals surface area contributed by atoms with Gasteiger partial charge >= 0.3 is 5.97 Å². The zero-order valence-electron chi connectivity index (χ0n) is 11.9. The van der Waals surface area contributed by atoms with Crippen LogP contribution in [0, 0.1) is 0 Å². The molecule has 0 aliphatic carbocycles. The lowest BCUT2D eigenvalue weighted by Gasteiger charge is -2.16. The molecule has 2 unspecified atom stereocenters. The lowest BCUT2D eigenvalue weighted by molar-refractivity contribution is -0.143. The summed E-state index contributed by atoms with van der Waals surface area (Å²) in [6.45, 7) is 3.57. The maximum absolute atomic E-state index is 11.8. The number of fused-ring (bicyclic) bond motifs is 1. The van der Waals surface area contributed by atoms with Crippen molar-refractivity contribution in [2.45, 2.75) is 25.3 Å². The van der Waals surface area contributed by atoms with Crippen molar-refractivity contribution in [1.29, 1.82) is 0 Å². The van der Waals surface area contributed by atoms with Gasteiger partial charge in [-0.1, -0.05) is 6.07 Å². The molecule has 0 fully saturated rings. The number of alkyl halides is 1. The summed E-state index contributed by atoms with van der Waals surface area (Å²) >= 11 is 6.19. The molecule has 1 aromatic heterocycles. The van der Waals surface area contributed by atoms with Crippen molar-refractivity contribution in [1.82, 2.24) is 9.55 Å². The number of aromatic nitrogens is 2. The van der Waals surface area contributed by atoms with E-state index in [2.05, 4.69) is 4.98 Å². The Morgan fingerprint density at radius 3 is 2.60 bits per heavy atom. The normalized spacial score (nSPS) is 14.1. The second kappa shape index (κ2) is 5.71. The van der Waals surface area contributed by atoms with Crippen LogP contribution in [0.25, 0.3) is 11.0 Å². The van der Waals surface area contributed by atoms with Gasteiger partial charge < -0.3 is 14.0 Å². The molecule has 2 aromatic rings. The number of benzene rings is 1. The van der Waals surface area contributed by atoms with Crippen LogP contribution in [0.1, 0.15) is 31.1 Å². The van der Waals surface area contributed by atoms with Crippen LogP contribution in [0.2, 0.25) is 0 Å². The number of carbonyl (C=O) groups excluding carboxylic acids is 1. The van der Waals surface area contributed by atoms with Gasteiger partial charge in [0.05, 0.1) is 25.1 Å². The Hall–Kier alpha value is -1.75. The predicted octanol–water partition coefficient (Wildman–Crippen LogP) is 3.08. The van der Waals surface area contributed by atoms with E-state index in [1.54, 1.807) is 18.6 Å². The standard InChI is InChI=1S/C14H17ClN2O3/c1-8(15)13-16-12-10(6-5-7-11(12)19-3)17(13)9(2)14(18)20-4/h5-9H,1-4H3. The second-order valence-corrected chi connectivity index (χ2v) is 5.14. The van der Waals surface area contributed by atoms with Crippen LogP contribution in [-0.4, -0.2) is 29.7 Å². The van der Waals surface area contributed by atoms with Gasteiger partial charge in [0, 0.05) is 0 Å². The van der Waals surface area contributed by atoms with E-state index >= 15 is 0 Å². The molecule has 1 heterocycles. The molecule has 2 rings (SSSR count). The van der Waals surface area contributed by atoms with Crippen molar-refractivity contribution < 1.29 is 14.3 Å². The maximum Gasteiger partial charge on any atom is 0.328 e. The van der Waals surface area contributed by atoms with E-state index in [0.717, 1.165) is 5.52 Å². The molecule has 0 saturated heterocycles. The SMILES string of the molecule is COC(=O)C(C)n1c(C(C)Cl)nc2c(OC)cccc21. The van der Waals surface area contributed by atoms with Crippen LogP contribution in [0.15, 0.2) is 18.2 Å². The number of esters is 1. The first-order valence-corrected chi connectivity index (χ1v) is 6.71. The molecule has 0 N–H and O–H groups in total. The lowest BCUT2D eigenvalue weighted by Crippen LogP contribution is -2.20. The van der Waals surface area contributed by atoms with Gasteiger partial charge in [0.25, 0.3) is 0 Å². The zero-order chi connectivity index (χ0) is 14.9. The van der Waals surface area contributed by atoms with E-state index in [4.69, 9.17) is 21.1 Å². The van der Waals surface area contributed by atoms with E-state index < -0.39 is 6.04 Å². The fraction of sp³-hybridized carbons (Fsp3) is 0.429. The number of imidazole rings is 1. The molecule has 0 aliphatic heterocycles. The molecule has 6 heteroatoms. The highest BCUT2D eigenvalue weighted by Gasteiger charge is 2.25. The molecule has 5 nitrogen and oxygen atoms in total. The minimum absolute atomic E-state index is 0.334. The smallest absolute Gasteiger partial charge is 0.328 e. The molecular weight excluding hydrogens is 280 g/mol. The monoisotopic (exact) mass is 296 g/mol.